The third-order valence-electron chi connectivity index (χ3n) is 5.74. The molecule has 1 saturated carbocycles. The van der Waals surface area contributed by atoms with Crippen LogP contribution in [0.4, 0.5) is 0 Å². The Hall–Kier alpha value is -0.940. The van der Waals surface area contributed by atoms with E-state index in [2.05, 4.69) is 36.5 Å². The monoisotopic (exact) mass is 333 g/mol. The molecule has 2 aliphatic rings. The van der Waals surface area contributed by atoms with Crippen molar-refractivity contribution in [1.29, 1.82) is 0 Å². The first-order valence-corrected chi connectivity index (χ1v) is 9.32. The molecule has 1 aliphatic carbocycles. The summed E-state index contributed by atoms with van der Waals surface area (Å²) < 4.78 is 5.32. The van der Waals surface area contributed by atoms with E-state index in [0.29, 0.717) is 39.0 Å². The molecule has 0 radical (unpaired) electrons. The Labute approximate surface area is 145 Å². The van der Waals surface area contributed by atoms with E-state index in [4.69, 9.17) is 4.74 Å². The van der Waals surface area contributed by atoms with E-state index in [1.807, 2.05) is 0 Å². The van der Waals surface area contributed by atoms with Gasteiger partial charge in [0.05, 0.1) is 11.7 Å². The van der Waals surface area contributed by atoms with Gasteiger partial charge in [0.1, 0.15) is 0 Å². The van der Waals surface area contributed by atoms with Gasteiger partial charge in [-0.05, 0) is 38.2 Å². The molecule has 2 fully saturated rings. The molecular weight excluding hydrogens is 302 g/mol. The van der Waals surface area contributed by atoms with Crippen LogP contribution in [0, 0.1) is 6.92 Å². The van der Waals surface area contributed by atoms with Crippen molar-refractivity contribution in [1.82, 2.24) is 5.32 Å². The van der Waals surface area contributed by atoms with Crippen molar-refractivity contribution in [2.45, 2.75) is 69.1 Å². The predicted molar refractivity (Wildman–Crippen MR) is 95.0 cm³/mol. The third kappa shape index (κ3) is 4.17. The normalized spacial score (nSPS) is 24.0. The van der Waals surface area contributed by atoms with E-state index in [9.17, 15) is 10.2 Å². The van der Waals surface area contributed by atoms with Gasteiger partial charge in [-0.1, -0.05) is 42.7 Å². The van der Waals surface area contributed by atoms with Crippen LogP contribution in [0.15, 0.2) is 24.3 Å². The smallest absolute Gasteiger partial charge is 0.0716 e. The first kappa shape index (κ1) is 17.9. The first-order chi connectivity index (χ1) is 11.5. The number of nitrogens with one attached hydrogen (secondary N) is 1. The molecule has 1 atom stereocenters. The third-order valence-corrected chi connectivity index (χ3v) is 5.74. The fraction of sp³-hybridized carbons (Fsp3) is 0.700. The minimum atomic E-state index is -0.772. The van der Waals surface area contributed by atoms with Crippen LogP contribution in [-0.2, 0) is 10.3 Å². The van der Waals surface area contributed by atoms with Crippen LogP contribution in [0.3, 0.4) is 0 Å². The quantitative estimate of drug-likeness (QED) is 0.749. The van der Waals surface area contributed by atoms with Crippen LogP contribution in [0.25, 0.3) is 0 Å². The number of benzene rings is 1. The molecule has 3 N–H and O–H groups in total. The highest BCUT2D eigenvalue weighted by molar-refractivity contribution is 5.30. The average Bonchev–Trinajstić information content (AvgIpc) is 3.03. The summed E-state index contributed by atoms with van der Waals surface area (Å²) in [6, 6.07) is 8.70. The molecule has 0 bridgehead atoms. The molecule has 24 heavy (non-hydrogen) atoms. The minimum absolute atomic E-state index is 0.0225. The summed E-state index contributed by atoms with van der Waals surface area (Å²) in [6.07, 6.45) is 5.79. The SMILES string of the molecule is Cc1cccc(C2(NCC(O)CC3(O)CCOCC3)CCCC2)c1. The number of ether oxygens (including phenoxy) is 1. The van der Waals surface area contributed by atoms with Crippen LogP contribution in [0.2, 0.25) is 0 Å². The van der Waals surface area contributed by atoms with E-state index in [1.54, 1.807) is 0 Å². The van der Waals surface area contributed by atoms with E-state index < -0.39 is 11.7 Å². The summed E-state index contributed by atoms with van der Waals surface area (Å²) >= 11 is 0. The molecule has 1 aromatic carbocycles. The maximum Gasteiger partial charge on any atom is 0.0716 e. The zero-order chi connectivity index (χ0) is 17.0. The molecule has 1 unspecified atom stereocenters. The van der Waals surface area contributed by atoms with Gasteiger partial charge in [0.2, 0.25) is 0 Å². The summed E-state index contributed by atoms with van der Waals surface area (Å²) in [6.45, 7) is 3.83. The fourth-order valence-corrected chi connectivity index (χ4v) is 4.27. The number of hydrogen-bond donors (Lipinski definition) is 3. The zero-order valence-corrected chi connectivity index (χ0v) is 14.8. The van der Waals surface area contributed by atoms with Gasteiger partial charge >= 0.3 is 0 Å². The van der Waals surface area contributed by atoms with Crippen molar-refractivity contribution in [3.8, 4) is 0 Å². The second-order valence-corrected chi connectivity index (χ2v) is 7.73. The highest BCUT2D eigenvalue weighted by Crippen LogP contribution is 2.39. The van der Waals surface area contributed by atoms with Crippen LogP contribution >= 0.6 is 0 Å². The molecule has 4 nitrogen and oxygen atoms in total. The van der Waals surface area contributed by atoms with E-state index in [-0.39, 0.29) is 5.54 Å². The fourth-order valence-electron chi connectivity index (χ4n) is 4.27. The van der Waals surface area contributed by atoms with Gasteiger partial charge < -0.3 is 20.3 Å². The Morgan fingerprint density at radius 1 is 1.17 bits per heavy atom. The summed E-state index contributed by atoms with van der Waals surface area (Å²) in [5, 5.41) is 24.7. The molecule has 134 valence electrons. The molecule has 3 rings (SSSR count). The molecule has 0 spiro atoms. The minimum Gasteiger partial charge on any atom is -0.392 e. The summed E-state index contributed by atoms with van der Waals surface area (Å²) in [5.74, 6) is 0. The van der Waals surface area contributed by atoms with Crippen LogP contribution in [0.5, 0.6) is 0 Å². The molecule has 1 heterocycles. The highest BCUT2D eigenvalue weighted by Gasteiger charge is 2.37. The second kappa shape index (κ2) is 7.52. The number of hydrogen-bond acceptors (Lipinski definition) is 4. The maximum atomic E-state index is 10.6. The Morgan fingerprint density at radius 2 is 1.88 bits per heavy atom. The van der Waals surface area contributed by atoms with Crippen molar-refractivity contribution in [3.63, 3.8) is 0 Å². The number of rotatable bonds is 6. The van der Waals surface area contributed by atoms with Crippen LogP contribution in [-0.4, -0.2) is 41.7 Å². The topological polar surface area (TPSA) is 61.7 Å². The molecule has 0 aromatic heterocycles. The number of aryl methyl sites for hydroxylation is 1. The molecule has 0 amide bonds. The Morgan fingerprint density at radius 3 is 2.54 bits per heavy atom. The first-order valence-electron chi connectivity index (χ1n) is 9.32. The second-order valence-electron chi connectivity index (χ2n) is 7.73. The number of aliphatic hydroxyl groups excluding tert-OH is 1. The molecule has 1 aromatic rings. The van der Waals surface area contributed by atoms with Crippen LogP contribution < -0.4 is 5.32 Å². The molecular formula is C20H31NO3. The lowest BCUT2D eigenvalue weighted by Gasteiger charge is -2.36. The van der Waals surface area contributed by atoms with Crippen LogP contribution in [0.1, 0.15) is 56.1 Å². The van der Waals surface area contributed by atoms with Gasteiger partial charge in [-0.3, -0.25) is 0 Å². The molecule has 1 saturated heterocycles. The summed E-state index contributed by atoms with van der Waals surface area (Å²) in [7, 11) is 0. The van der Waals surface area contributed by atoms with Gasteiger partial charge in [-0.25, -0.2) is 0 Å². The van der Waals surface area contributed by atoms with Gasteiger partial charge in [0.15, 0.2) is 0 Å². The van der Waals surface area contributed by atoms with Crippen molar-refractivity contribution < 1.29 is 14.9 Å². The lowest BCUT2D eigenvalue weighted by Crippen LogP contribution is -2.47. The van der Waals surface area contributed by atoms with Gasteiger partial charge in [-0.15, -0.1) is 0 Å². The number of aliphatic hydroxyl groups is 2. The Kier molecular flexibility index (Phi) is 5.60. The average molecular weight is 333 g/mol. The van der Waals surface area contributed by atoms with Gasteiger partial charge in [0, 0.05) is 31.7 Å². The largest absolute Gasteiger partial charge is 0.392 e. The van der Waals surface area contributed by atoms with Crippen molar-refractivity contribution >= 4 is 0 Å². The standard InChI is InChI=1S/C20H31NO3/c1-16-5-4-6-17(13-16)20(7-2-3-8-20)21-15-18(22)14-19(23)9-11-24-12-10-19/h4-6,13,18,21-23H,2-3,7-12,14-15H2,1H3. The highest BCUT2D eigenvalue weighted by atomic mass is 16.5. The predicted octanol–water partition coefficient (Wildman–Crippen LogP) is 2.65. The van der Waals surface area contributed by atoms with E-state index in [0.717, 1.165) is 12.8 Å². The van der Waals surface area contributed by atoms with Gasteiger partial charge in [-0.2, -0.15) is 0 Å². The van der Waals surface area contributed by atoms with Gasteiger partial charge in [0.25, 0.3) is 0 Å². The molecule has 4 heteroatoms. The van der Waals surface area contributed by atoms with Crippen molar-refractivity contribution in [3.05, 3.63) is 35.4 Å². The summed E-state index contributed by atoms with van der Waals surface area (Å²) in [4.78, 5) is 0. The lowest BCUT2D eigenvalue weighted by atomic mass is 9.85. The molecule has 1 aliphatic heterocycles. The van der Waals surface area contributed by atoms with Crippen molar-refractivity contribution in [2.24, 2.45) is 0 Å². The Bertz CT molecular complexity index is 533. The lowest BCUT2D eigenvalue weighted by molar-refractivity contribution is -0.0866. The van der Waals surface area contributed by atoms with E-state index >= 15 is 0 Å². The van der Waals surface area contributed by atoms with Crippen molar-refractivity contribution in [2.75, 3.05) is 19.8 Å². The zero-order valence-electron chi connectivity index (χ0n) is 14.8. The van der Waals surface area contributed by atoms with E-state index in [1.165, 1.54) is 24.0 Å². The summed E-state index contributed by atoms with van der Waals surface area (Å²) in [5.41, 5.74) is 1.81. The maximum absolute atomic E-state index is 10.6. The Balaban J connectivity index is 1.62.